The van der Waals surface area contributed by atoms with Crippen molar-refractivity contribution in [2.45, 2.75) is 25.9 Å². The van der Waals surface area contributed by atoms with Gasteiger partial charge in [-0.2, -0.15) is 0 Å². The van der Waals surface area contributed by atoms with Crippen molar-refractivity contribution in [2.24, 2.45) is 5.73 Å². The van der Waals surface area contributed by atoms with E-state index in [4.69, 9.17) is 15.2 Å². The van der Waals surface area contributed by atoms with Crippen LogP contribution in [0, 0.1) is 0 Å². The van der Waals surface area contributed by atoms with Crippen molar-refractivity contribution >= 4 is 0 Å². The Morgan fingerprint density at radius 1 is 1.25 bits per heavy atom. The monoisotopic (exact) mass is 223 g/mol. The highest BCUT2D eigenvalue weighted by Crippen LogP contribution is 2.15. The van der Waals surface area contributed by atoms with Gasteiger partial charge < -0.3 is 15.2 Å². The molecule has 2 N–H and O–H groups in total. The molecule has 0 saturated heterocycles. The first kappa shape index (κ1) is 13.0. The fourth-order valence-corrected chi connectivity index (χ4v) is 1.48. The summed E-state index contributed by atoms with van der Waals surface area (Å²) >= 11 is 0. The van der Waals surface area contributed by atoms with Gasteiger partial charge in [0, 0.05) is 7.11 Å². The molecule has 16 heavy (non-hydrogen) atoms. The molecule has 0 radical (unpaired) electrons. The summed E-state index contributed by atoms with van der Waals surface area (Å²) in [5.41, 5.74) is 6.73. The van der Waals surface area contributed by atoms with Crippen molar-refractivity contribution in [1.82, 2.24) is 0 Å². The van der Waals surface area contributed by atoms with Crippen LogP contribution in [0.3, 0.4) is 0 Å². The minimum atomic E-state index is 0.176. The van der Waals surface area contributed by atoms with E-state index in [1.54, 1.807) is 7.11 Å². The second-order valence-electron chi connectivity index (χ2n) is 3.89. The molecule has 1 rings (SSSR count). The third kappa shape index (κ3) is 4.64. The van der Waals surface area contributed by atoms with Crippen LogP contribution < -0.4 is 10.5 Å². The summed E-state index contributed by atoms with van der Waals surface area (Å²) < 4.78 is 10.7. The van der Waals surface area contributed by atoms with E-state index in [9.17, 15) is 0 Å². The summed E-state index contributed by atoms with van der Waals surface area (Å²) in [7, 11) is 1.71. The number of benzene rings is 1. The van der Waals surface area contributed by atoms with Gasteiger partial charge in [-0.15, -0.1) is 0 Å². The quantitative estimate of drug-likeness (QED) is 0.769. The van der Waals surface area contributed by atoms with Crippen molar-refractivity contribution < 1.29 is 9.47 Å². The molecule has 0 aliphatic heterocycles. The molecule has 0 heterocycles. The van der Waals surface area contributed by atoms with Crippen LogP contribution in [0.2, 0.25) is 0 Å². The van der Waals surface area contributed by atoms with E-state index in [1.165, 1.54) is 5.56 Å². The average Bonchev–Trinajstić information content (AvgIpc) is 2.28. The Bertz CT molecular complexity index is 284. The van der Waals surface area contributed by atoms with Crippen LogP contribution >= 0.6 is 0 Å². The van der Waals surface area contributed by atoms with E-state index in [1.807, 2.05) is 19.1 Å². The number of rotatable bonds is 7. The van der Waals surface area contributed by atoms with Crippen molar-refractivity contribution in [3.8, 4) is 5.75 Å². The average molecular weight is 223 g/mol. The van der Waals surface area contributed by atoms with E-state index in [-0.39, 0.29) is 6.10 Å². The van der Waals surface area contributed by atoms with Crippen LogP contribution in [-0.4, -0.2) is 26.4 Å². The molecule has 0 aliphatic carbocycles. The molecule has 0 fully saturated rings. The fourth-order valence-electron chi connectivity index (χ4n) is 1.48. The smallest absolute Gasteiger partial charge is 0.119 e. The SMILES string of the molecule is COCCc1ccc(OC(C)CCN)cc1. The Hall–Kier alpha value is -1.06. The highest BCUT2D eigenvalue weighted by Gasteiger charge is 2.02. The van der Waals surface area contributed by atoms with Gasteiger partial charge in [-0.25, -0.2) is 0 Å². The van der Waals surface area contributed by atoms with Crippen molar-refractivity contribution in [2.75, 3.05) is 20.3 Å². The second kappa shape index (κ2) is 7.25. The summed E-state index contributed by atoms with van der Waals surface area (Å²) in [6.45, 7) is 3.45. The molecule has 1 unspecified atom stereocenters. The zero-order valence-electron chi connectivity index (χ0n) is 10.1. The summed E-state index contributed by atoms with van der Waals surface area (Å²) in [5, 5.41) is 0. The lowest BCUT2D eigenvalue weighted by Crippen LogP contribution is -2.16. The summed E-state index contributed by atoms with van der Waals surface area (Å²) in [5.74, 6) is 0.905. The number of hydrogen-bond donors (Lipinski definition) is 1. The van der Waals surface area contributed by atoms with Crippen molar-refractivity contribution in [3.05, 3.63) is 29.8 Å². The van der Waals surface area contributed by atoms with E-state index in [0.29, 0.717) is 6.54 Å². The highest BCUT2D eigenvalue weighted by atomic mass is 16.5. The van der Waals surface area contributed by atoms with Crippen LogP contribution in [0.5, 0.6) is 5.75 Å². The molecule has 0 saturated carbocycles. The Kier molecular flexibility index (Phi) is 5.90. The Morgan fingerprint density at radius 3 is 2.50 bits per heavy atom. The lowest BCUT2D eigenvalue weighted by atomic mass is 10.1. The lowest BCUT2D eigenvalue weighted by Gasteiger charge is -2.13. The first-order chi connectivity index (χ1) is 7.76. The molecular weight excluding hydrogens is 202 g/mol. The predicted molar refractivity (Wildman–Crippen MR) is 65.8 cm³/mol. The minimum absolute atomic E-state index is 0.176. The van der Waals surface area contributed by atoms with Crippen LogP contribution in [0.4, 0.5) is 0 Å². The van der Waals surface area contributed by atoms with E-state index in [0.717, 1.165) is 25.2 Å². The third-order valence-electron chi connectivity index (χ3n) is 2.43. The number of hydrogen-bond acceptors (Lipinski definition) is 3. The van der Waals surface area contributed by atoms with Gasteiger partial charge in [0.1, 0.15) is 5.75 Å². The normalized spacial score (nSPS) is 12.4. The highest BCUT2D eigenvalue weighted by molar-refractivity contribution is 5.27. The maximum Gasteiger partial charge on any atom is 0.119 e. The lowest BCUT2D eigenvalue weighted by molar-refractivity contribution is 0.202. The third-order valence-corrected chi connectivity index (χ3v) is 2.43. The first-order valence-corrected chi connectivity index (χ1v) is 5.71. The topological polar surface area (TPSA) is 44.5 Å². The zero-order chi connectivity index (χ0) is 11.8. The molecule has 3 nitrogen and oxygen atoms in total. The molecule has 3 heteroatoms. The molecule has 1 atom stereocenters. The van der Waals surface area contributed by atoms with Gasteiger partial charge in [0.2, 0.25) is 0 Å². The zero-order valence-corrected chi connectivity index (χ0v) is 10.1. The van der Waals surface area contributed by atoms with Gasteiger partial charge in [0.15, 0.2) is 0 Å². The fraction of sp³-hybridized carbons (Fsp3) is 0.538. The van der Waals surface area contributed by atoms with Gasteiger partial charge in [-0.3, -0.25) is 0 Å². The molecule has 0 aliphatic rings. The molecule has 0 aromatic heterocycles. The Labute approximate surface area is 97.6 Å². The number of nitrogens with two attached hydrogens (primary N) is 1. The summed E-state index contributed by atoms with van der Waals surface area (Å²) in [6, 6.07) is 8.14. The number of methoxy groups -OCH3 is 1. The molecule has 0 spiro atoms. The van der Waals surface area contributed by atoms with Gasteiger partial charge in [-0.05, 0) is 44.0 Å². The van der Waals surface area contributed by atoms with Gasteiger partial charge >= 0.3 is 0 Å². The first-order valence-electron chi connectivity index (χ1n) is 5.71. The van der Waals surface area contributed by atoms with Gasteiger partial charge in [0.05, 0.1) is 12.7 Å². The van der Waals surface area contributed by atoms with E-state index in [2.05, 4.69) is 12.1 Å². The molecule has 0 amide bonds. The Morgan fingerprint density at radius 2 is 1.94 bits per heavy atom. The number of ether oxygens (including phenoxy) is 2. The maximum atomic E-state index is 5.70. The predicted octanol–water partition coefficient (Wildman–Crippen LogP) is 1.99. The Balaban J connectivity index is 2.44. The maximum absolute atomic E-state index is 5.70. The van der Waals surface area contributed by atoms with E-state index >= 15 is 0 Å². The molecule has 90 valence electrons. The van der Waals surface area contributed by atoms with Crippen LogP contribution in [0.15, 0.2) is 24.3 Å². The van der Waals surface area contributed by atoms with Crippen molar-refractivity contribution in [3.63, 3.8) is 0 Å². The molecular formula is C13H21NO2. The summed E-state index contributed by atoms with van der Waals surface area (Å²) in [4.78, 5) is 0. The van der Waals surface area contributed by atoms with Crippen LogP contribution in [0.1, 0.15) is 18.9 Å². The second-order valence-corrected chi connectivity index (χ2v) is 3.89. The van der Waals surface area contributed by atoms with Crippen LogP contribution in [0.25, 0.3) is 0 Å². The molecule has 0 bridgehead atoms. The van der Waals surface area contributed by atoms with E-state index < -0.39 is 0 Å². The van der Waals surface area contributed by atoms with Crippen molar-refractivity contribution in [1.29, 1.82) is 0 Å². The largest absolute Gasteiger partial charge is 0.491 e. The minimum Gasteiger partial charge on any atom is -0.491 e. The molecule has 1 aromatic carbocycles. The summed E-state index contributed by atoms with van der Waals surface area (Å²) in [6.07, 6.45) is 2.00. The van der Waals surface area contributed by atoms with Gasteiger partial charge in [-0.1, -0.05) is 12.1 Å². The standard InChI is InChI=1S/C13H21NO2/c1-11(7-9-14)16-13-5-3-12(4-6-13)8-10-15-2/h3-6,11H,7-10,14H2,1-2H3. The molecule has 1 aromatic rings. The van der Waals surface area contributed by atoms with Crippen LogP contribution in [-0.2, 0) is 11.2 Å². The van der Waals surface area contributed by atoms with Gasteiger partial charge in [0.25, 0.3) is 0 Å².